The fourth-order valence-corrected chi connectivity index (χ4v) is 1.52. The molecule has 1 amide bonds. The van der Waals surface area contributed by atoms with Crippen LogP contribution < -0.4 is 15.0 Å². The molecule has 0 radical (unpaired) electrons. The minimum absolute atomic E-state index is 0.139. The summed E-state index contributed by atoms with van der Waals surface area (Å²) in [5, 5.41) is 0. The molecule has 1 aromatic rings. The van der Waals surface area contributed by atoms with E-state index in [0.717, 1.165) is 17.1 Å². The quantitative estimate of drug-likeness (QED) is 0.774. The molecule has 1 aliphatic heterocycles. The SMILES string of the molecule is CONC(=O)CCc1ccc2c(c1)OCO2. The second kappa shape index (κ2) is 4.85. The largest absolute Gasteiger partial charge is 0.454 e. The zero-order valence-corrected chi connectivity index (χ0v) is 8.99. The Hall–Kier alpha value is -1.75. The van der Waals surface area contributed by atoms with Crippen LogP contribution in [-0.2, 0) is 16.1 Å². The summed E-state index contributed by atoms with van der Waals surface area (Å²) in [4.78, 5) is 15.7. The summed E-state index contributed by atoms with van der Waals surface area (Å²) in [7, 11) is 1.42. The van der Waals surface area contributed by atoms with Crippen molar-refractivity contribution in [3.8, 4) is 11.5 Å². The number of nitrogens with one attached hydrogen (secondary N) is 1. The van der Waals surface area contributed by atoms with Gasteiger partial charge in [-0.05, 0) is 24.1 Å². The minimum atomic E-state index is -0.139. The maximum atomic E-state index is 11.2. The smallest absolute Gasteiger partial charge is 0.243 e. The van der Waals surface area contributed by atoms with E-state index in [-0.39, 0.29) is 12.7 Å². The fraction of sp³-hybridized carbons (Fsp3) is 0.364. The van der Waals surface area contributed by atoms with Crippen LogP contribution in [-0.4, -0.2) is 19.8 Å². The van der Waals surface area contributed by atoms with Gasteiger partial charge >= 0.3 is 0 Å². The van der Waals surface area contributed by atoms with E-state index in [1.807, 2.05) is 18.2 Å². The van der Waals surface area contributed by atoms with Gasteiger partial charge in [-0.3, -0.25) is 9.63 Å². The summed E-state index contributed by atoms with van der Waals surface area (Å²) in [5.74, 6) is 1.36. The molecule has 5 heteroatoms. The molecule has 0 bridgehead atoms. The number of ether oxygens (including phenoxy) is 2. The standard InChI is InChI=1S/C11H13NO4/c1-14-12-11(13)5-3-8-2-4-9-10(6-8)16-7-15-9/h2,4,6H,3,5,7H2,1H3,(H,12,13). The molecular weight excluding hydrogens is 210 g/mol. The van der Waals surface area contributed by atoms with E-state index in [0.29, 0.717) is 12.8 Å². The second-order valence-electron chi connectivity index (χ2n) is 3.42. The van der Waals surface area contributed by atoms with Crippen molar-refractivity contribution < 1.29 is 19.1 Å². The van der Waals surface area contributed by atoms with Crippen molar-refractivity contribution in [1.82, 2.24) is 5.48 Å². The highest BCUT2D eigenvalue weighted by atomic mass is 16.7. The van der Waals surface area contributed by atoms with Gasteiger partial charge < -0.3 is 9.47 Å². The van der Waals surface area contributed by atoms with Gasteiger partial charge in [-0.15, -0.1) is 0 Å². The molecule has 1 N–H and O–H groups in total. The van der Waals surface area contributed by atoms with Crippen molar-refractivity contribution in [2.45, 2.75) is 12.8 Å². The van der Waals surface area contributed by atoms with Gasteiger partial charge in [0.25, 0.3) is 0 Å². The lowest BCUT2D eigenvalue weighted by Gasteiger charge is -2.03. The first-order chi connectivity index (χ1) is 7.79. The number of rotatable bonds is 4. The molecule has 86 valence electrons. The highest BCUT2D eigenvalue weighted by Crippen LogP contribution is 2.32. The predicted molar refractivity (Wildman–Crippen MR) is 56.0 cm³/mol. The Kier molecular flexibility index (Phi) is 3.26. The third-order valence-electron chi connectivity index (χ3n) is 2.29. The van der Waals surface area contributed by atoms with Crippen molar-refractivity contribution in [3.63, 3.8) is 0 Å². The van der Waals surface area contributed by atoms with Crippen molar-refractivity contribution in [2.75, 3.05) is 13.9 Å². The maximum absolute atomic E-state index is 11.2. The van der Waals surface area contributed by atoms with Crippen LogP contribution in [0.15, 0.2) is 18.2 Å². The Morgan fingerprint density at radius 2 is 2.25 bits per heavy atom. The molecule has 1 aromatic carbocycles. The summed E-state index contributed by atoms with van der Waals surface area (Å²) in [6, 6.07) is 5.67. The molecule has 0 atom stereocenters. The molecule has 0 fully saturated rings. The molecule has 0 aromatic heterocycles. The first-order valence-corrected chi connectivity index (χ1v) is 5.00. The van der Waals surface area contributed by atoms with Crippen LogP contribution in [0.5, 0.6) is 11.5 Å². The Bertz CT molecular complexity index is 392. The summed E-state index contributed by atoms with van der Waals surface area (Å²) in [5.41, 5.74) is 3.31. The Balaban J connectivity index is 1.93. The molecule has 0 saturated heterocycles. The topological polar surface area (TPSA) is 56.8 Å². The maximum Gasteiger partial charge on any atom is 0.243 e. The third-order valence-corrected chi connectivity index (χ3v) is 2.29. The van der Waals surface area contributed by atoms with Crippen LogP contribution in [0.2, 0.25) is 0 Å². The monoisotopic (exact) mass is 223 g/mol. The van der Waals surface area contributed by atoms with Gasteiger partial charge in [0.15, 0.2) is 11.5 Å². The van der Waals surface area contributed by atoms with E-state index in [2.05, 4.69) is 10.3 Å². The van der Waals surface area contributed by atoms with Crippen LogP contribution in [0, 0.1) is 0 Å². The van der Waals surface area contributed by atoms with Crippen molar-refractivity contribution in [3.05, 3.63) is 23.8 Å². The lowest BCUT2D eigenvalue weighted by molar-refractivity contribution is -0.131. The number of carbonyl (C=O) groups excluding carboxylic acids is 1. The van der Waals surface area contributed by atoms with E-state index >= 15 is 0 Å². The minimum Gasteiger partial charge on any atom is -0.454 e. The lowest BCUT2D eigenvalue weighted by atomic mass is 10.1. The first-order valence-electron chi connectivity index (χ1n) is 5.00. The van der Waals surface area contributed by atoms with E-state index in [1.165, 1.54) is 7.11 Å². The molecule has 0 unspecified atom stereocenters. The van der Waals surface area contributed by atoms with Gasteiger partial charge in [0, 0.05) is 6.42 Å². The number of hydrogen-bond acceptors (Lipinski definition) is 4. The Morgan fingerprint density at radius 1 is 1.44 bits per heavy atom. The van der Waals surface area contributed by atoms with Gasteiger partial charge in [0.05, 0.1) is 7.11 Å². The molecular formula is C11H13NO4. The van der Waals surface area contributed by atoms with Gasteiger partial charge in [-0.2, -0.15) is 0 Å². The van der Waals surface area contributed by atoms with E-state index in [1.54, 1.807) is 0 Å². The number of aryl methyl sites for hydroxylation is 1. The number of amides is 1. The van der Waals surface area contributed by atoms with Crippen LogP contribution in [0.4, 0.5) is 0 Å². The highest BCUT2D eigenvalue weighted by Gasteiger charge is 2.13. The normalized spacial score (nSPS) is 12.6. The predicted octanol–water partition coefficient (Wildman–Crippen LogP) is 1.03. The molecule has 5 nitrogen and oxygen atoms in total. The molecule has 0 saturated carbocycles. The number of hydrogen-bond donors (Lipinski definition) is 1. The molecule has 1 heterocycles. The zero-order chi connectivity index (χ0) is 11.4. The summed E-state index contributed by atoms with van der Waals surface area (Å²) >= 11 is 0. The molecule has 0 spiro atoms. The van der Waals surface area contributed by atoms with Gasteiger partial charge in [0.1, 0.15) is 0 Å². The molecule has 1 aliphatic rings. The summed E-state index contributed by atoms with van der Waals surface area (Å²) in [6.45, 7) is 0.267. The number of benzene rings is 1. The number of carbonyl (C=O) groups is 1. The van der Waals surface area contributed by atoms with E-state index in [9.17, 15) is 4.79 Å². The van der Waals surface area contributed by atoms with Crippen molar-refractivity contribution in [2.24, 2.45) is 0 Å². The molecule has 0 aliphatic carbocycles. The summed E-state index contributed by atoms with van der Waals surface area (Å²) in [6.07, 6.45) is 1.03. The van der Waals surface area contributed by atoms with Crippen LogP contribution in [0.1, 0.15) is 12.0 Å². The van der Waals surface area contributed by atoms with Crippen LogP contribution >= 0.6 is 0 Å². The number of fused-ring (bicyclic) bond motifs is 1. The zero-order valence-electron chi connectivity index (χ0n) is 8.99. The second-order valence-corrected chi connectivity index (χ2v) is 3.42. The van der Waals surface area contributed by atoms with Crippen molar-refractivity contribution in [1.29, 1.82) is 0 Å². The highest BCUT2D eigenvalue weighted by molar-refractivity contribution is 5.75. The summed E-state index contributed by atoms with van der Waals surface area (Å²) < 4.78 is 10.4. The molecule has 16 heavy (non-hydrogen) atoms. The average Bonchev–Trinajstić information content (AvgIpc) is 2.74. The van der Waals surface area contributed by atoms with E-state index < -0.39 is 0 Å². The van der Waals surface area contributed by atoms with Crippen LogP contribution in [0.25, 0.3) is 0 Å². The Morgan fingerprint density at radius 3 is 3.06 bits per heavy atom. The van der Waals surface area contributed by atoms with Gasteiger partial charge in [-0.1, -0.05) is 6.07 Å². The third kappa shape index (κ3) is 2.43. The van der Waals surface area contributed by atoms with E-state index in [4.69, 9.17) is 9.47 Å². The lowest BCUT2D eigenvalue weighted by Crippen LogP contribution is -2.21. The van der Waals surface area contributed by atoms with Crippen LogP contribution in [0.3, 0.4) is 0 Å². The van der Waals surface area contributed by atoms with Crippen molar-refractivity contribution >= 4 is 5.91 Å². The average molecular weight is 223 g/mol. The van der Waals surface area contributed by atoms with Gasteiger partial charge in [0.2, 0.25) is 12.7 Å². The first kappa shape index (κ1) is 10.8. The number of hydroxylamine groups is 1. The Labute approximate surface area is 93.3 Å². The molecule has 2 rings (SSSR count). The fourth-order valence-electron chi connectivity index (χ4n) is 1.52. The van der Waals surface area contributed by atoms with Gasteiger partial charge in [-0.25, -0.2) is 5.48 Å².